The zero-order valence-electron chi connectivity index (χ0n) is 12.2. The normalized spacial score (nSPS) is 12.4. The molecule has 0 aliphatic heterocycles. The number of hydrogen-bond acceptors (Lipinski definition) is 0. The topological polar surface area (TPSA) is 0 Å². The van der Waals surface area contributed by atoms with Crippen LogP contribution in [0.5, 0.6) is 0 Å². The van der Waals surface area contributed by atoms with Gasteiger partial charge in [0, 0.05) is 5.02 Å². The minimum absolute atomic E-state index is 0.196. The maximum absolute atomic E-state index is 6.19. The van der Waals surface area contributed by atoms with Gasteiger partial charge in [0.25, 0.3) is 0 Å². The largest absolute Gasteiger partial charge is 0.0843 e. The van der Waals surface area contributed by atoms with Gasteiger partial charge in [0.2, 0.25) is 0 Å². The number of rotatable bonds is 4. The van der Waals surface area contributed by atoms with E-state index in [9.17, 15) is 0 Å². The number of halogens is 2. The van der Waals surface area contributed by atoms with Crippen molar-refractivity contribution in [1.29, 1.82) is 0 Å². The van der Waals surface area contributed by atoms with Crippen molar-refractivity contribution in [1.82, 2.24) is 0 Å². The predicted octanol–water partition coefficient (Wildman–Crippen LogP) is 6.26. The minimum Gasteiger partial charge on any atom is -0.0843 e. The van der Waals surface area contributed by atoms with E-state index in [1.807, 2.05) is 12.1 Å². The molecule has 0 amide bonds. The smallest absolute Gasteiger partial charge is 0.0647 e. The molecule has 2 aromatic rings. The summed E-state index contributed by atoms with van der Waals surface area (Å²) in [5, 5.41) is 0.800. The maximum atomic E-state index is 6.19. The van der Waals surface area contributed by atoms with Gasteiger partial charge in [-0.1, -0.05) is 65.6 Å². The Labute approximate surface area is 135 Å². The lowest BCUT2D eigenvalue weighted by Crippen LogP contribution is -2.00. The molecule has 0 N–H and O–H groups in total. The Kier molecular flexibility index (Phi) is 5.29. The highest BCUT2D eigenvalue weighted by atomic mass is 79.9. The minimum atomic E-state index is 0.196. The van der Waals surface area contributed by atoms with Gasteiger partial charge in [-0.25, -0.2) is 0 Å². The second kappa shape index (κ2) is 6.78. The third-order valence-corrected chi connectivity index (χ3v) is 4.87. The highest BCUT2D eigenvalue weighted by Gasteiger charge is 2.15. The Hall–Kier alpha value is -0.790. The summed E-state index contributed by atoms with van der Waals surface area (Å²) in [5.41, 5.74) is 6.54. The van der Waals surface area contributed by atoms with Gasteiger partial charge in [0.15, 0.2) is 0 Å². The zero-order chi connectivity index (χ0) is 14.7. The first-order valence-corrected chi connectivity index (χ1v) is 8.37. The summed E-state index contributed by atoms with van der Waals surface area (Å²) in [7, 11) is 0. The van der Waals surface area contributed by atoms with Gasteiger partial charge in [0.1, 0.15) is 0 Å². The fourth-order valence-electron chi connectivity index (χ4n) is 2.51. The van der Waals surface area contributed by atoms with Gasteiger partial charge in [-0.3, -0.25) is 0 Å². The van der Waals surface area contributed by atoms with E-state index in [2.05, 4.69) is 61.0 Å². The van der Waals surface area contributed by atoms with Crippen LogP contribution in [0.4, 0.5) is 0 Å². The lowest BCUT2D eigenvalue weighted by Gasteiger charge is -2.17. The second-order valence-corrected chi connectivity index (χ2v) is 6.52. The SMILES string of the molecule is CCc1ccc(CC)c(C(Br)c2cc(C)cc(Cl)c2)c1. The average Bonchev–Trinajstić information content (AvgIpc) is 2.44. The van der Waals surface area contributed by atoms with Crippen LogP contribution >= 0.6 is 27.5 Å². The van der Waals surface area contributed by atoms with E-state index in [4.69, 9.17) is 11.6 Å². The van der Waals surface area contributed by atoms with Crippen LogP contribution in [-0.4, -0.2) is 0 Å². The van der Waals surface area contributed by atoms with E-state index in [1.54, 1.807) is 0 Å². The summed E-state index contributed by atoms with van der Waals surface area (Å²) in [5.74, 6) is 0. The van der Waals surface area contributed by atoms with Crippen LogP contribution in [-0.2, 0) is 12.8 Å². The molecule has 1 atom stereocenters. The molecule has 0 heterocycles. The van der Waals surface area contributed by atoms with Gasteiger partial charge in [0.05, 0.1) is 4.83 Å². The lowest BCUT2D eigenvalue weighted by molar-refractivity contribution is 1.03. The molecule has 20 heavy (non-hydrogen) atoms. The Balaban J connectivity index is 2.48. The van der Waals surface area contributed by atoms with Crippen molar-refractivity contribution in [2.75, 3.05) is 0 Å². The fourth-order valence-corrected chi connectivity index (χ4v) is 3.50. The molecule has 0 spiro atoms. The number of hydrogen-bond donors (Lipinski definition) is 0. The van der Waals surface area contributed by atoms with Gasteiger partial charge in [-0.2, -0.15) is 0 Å². The third-order valence-electron chi connectivity index (χ3n) is 3.63. The van der Waals surface area contributed by atoms with Crippen molar-refractivity contribution >= 4 is 27.5 Å². The van der Waals surface area contributed by atoms with E-state index in [1.165, 1.54) is 27.8 Å². The summed E-state index contributed by atoms with van der Waals surface area (Å²) in [6.07, 6.45) is 2.10. The molecule has 1 unspecified atom stereocenters. The van der Waals surface area contributed by atoms with Crippen LogP contribution in [0.3, 0.4) is 0 Å². The van der Waals surface area contributed by atoms with Crippen LogP contribution in [0.25, 0.3) is 0 Å². The molecule has 2 heteroatoms. The highest BCUT2D eigenvalue weighted by molar-refractivity contribution is 9.09. The van der Waals surface area contributed by atoms with Crippen molar-refractivity contribution in [3.05, 3.63) is 69.2 Å². The quantitative estimate of drug-likeness (QED) is 0.570. The summed E-state index contributed by atoms with van der Waals surface area (Å²) >= 11 is 10.1. The van der Waals surface area contributed by atoms with E-state index in [0.29, 0.717) is 0 Å². The molecule has 2 aromatic carbocycles. The zero-order valence-corrected chi connectivity index (χ0v) is 14.6. The van der Waals surface area contributed by atoms with Crippen LogP contribution in [0.1, 0.15) is 46.5 Å². The molecule has 2 rings (SSSR count). The Morgan fingerprint density at radius 2 is 1.80 bits per heavy atom. The monoisotopic (exact) mass is 350 g/mol. The fraction of sp³-hybridized carbons (Fsp3) is 0.333. The second-order valence-electron chi connectivity index (χ2n) is 5.16. The Morgan fingerprint density at radius 1 is 1.05 bits per heavy atom. The summed E-state index contributed by atoms with van der Waals surface area (Å²) in [6.45, 7) is 6.48. The van der Waals surface area contributed by atoms with Crippen LogP contribution in [0, 0.1) is 6.92 Å². The summed E-state index contributed by atoms with van der Waals surface area (Å²) in [6, 6.07) is 13.0. The lowest BCUT2D eigenvalue weighted by atomic mass is 9.95. The van der Waals surface area contributed by atoms with E-state index in [-0.39, 0.29) is 4.83 Å². The van der Waals surface area contributed by atoms with Gasteiger partial charge in [-0.05, 0) is 59.7 Å². The van der Waals surface area contributed by atoms with Crippen molar-refractivity contribution in [2.24, 2.45) is 0 Å². The Morgan fingerprint density at radius 3 is 2.40 bits per heavy atom. The standard InChI is InChI=1S/C18H20BrCl/c1-4-13-6-7-14(5-2)17(10-13)18(19)15-8-12(3)9-16(20)11-15/h6-11,18H,4-5H2,1-3H3. The van der Waals surface area contributed by atoms with Crippen molar-refractivity contribution in [3.8, 4) is 0 Å². The predicted molar refractivity (Wildman–Crippen MR) is 92.2 cm³/mol. The molecule has 0 nitrogen and oxygen atoms in total. The first kappa shape index (κ1) is 15.6. The Bertz CT molecular complexity index is 584. The van der Waals surface area contributed by atoms with Gasteiger partial charge in [-0.15, -0.1) is 0 Å². The van der Waals surface area contributed by atoms with Crippen molar-refractivity contribution < 1.29 is 0 Å². The third kappa shape index (κ3) is 3.45. The molecule has 0 saturated heterocycles. The molecule has 0 aromatic heterocycles. The summed E-state index contributed by atoms with van der Waals surface area (Å²) in [4.78, 5) is 0.196. The van der Waals surface area contributed by atoms with Crippen LogP contribution in [0.15, 0.2) is 36.4 Å². The molecule has 0 aliphatic carbocycles. The van der Waals surface area contributed by atoms with Crippen LogP contribution < -0.4 is 0 Å². The molecular weight excluding hydrogens is 332 g/mol. The maximum Gasteiger partial charge on any atom is 0.0647 e. The number of alkyl halides is 1. The van der Waals surface area contributed by atoms with E-state index >= 15 is 0 Å². The molecule has 0 saturated carbocycles. The van der Waals surface area contributed by atoms with E-state index in [0.717, 1.165) is 17.9 Å². The molecular formula is C18H20BrCl. The molecule has 0 fully saturated rings. The molecule has 106 valence electrons. The molecule has 0 aliphatic rings. The first-order valence-electron chi connectivity index (χ1n) is 7.08. The van der Waals surface area contributed by atoms with Gasteiger partial charge < -0.3 is 0 Å². The van der Waals surface area contributed by atoms with Gasteiger partial charge >= 0.3 is 0 Å². The molecule has 0 radical (unpaired) electrons. The highest BCUT2D eigenvalue weighted by Crippen LogP contribution is 2.35. The van der Waals surface area contributed by atoms with Crippen LogP contribution in [0.2, 0.25) is 5.02 Å². The summed E-state index contributed by atoms with van der Waals surface area (Å²) < 4.78 is 0. The number of benzene rings is 2. The van der Waals surface area contributed by atoms with Crippen molar-refractivity contribution in [2.45, 2.75) is 38.4 Å². The first-order chi connectivity index (χ1) is 9.55. The van der Waals surface area contributed by atoms with Crippen molar-refractivity contribution in [3.63, 3.8) is 0 Å². The number of aryl methyl sites for hydroxylation is 3. The molecule has 0 bridgehead atoms. The average molecular weight is 352 g/mol. The van der Waals surface area contributed by atoms with E-state index < -0.39 is 0 Å².